The number of aromatic nitrogens is 1. The van der Waals surface area contributed by atoms with Crippen molar-refractivity contribution in [2.24, 2.45) is 5.92 Å². The highest BCUT2D eigenvalue weighted by Crippen LogP contribution is 2.23. The third-order valence-corrected chi connectivity index (χ3v) is 4.12. The summed E-state index contributed by atoms with van der Waals surface area (Å²) >= 11 is 4.96. The van der Waals surface area contributed by atoms with Crippen molar-refractivity contribution >= 4 is 33.7 Å². The molecule has 0 radical (unpaired) electrons. The number of hydrogen-bond acceptors (Lipinski definition) is 4. The number of halogens is 1. The Morgan fingerprint density at radius 1 is 1.69 bits per heavy atom. The average molecular weight is 304 g/mol. The van der Waals surface area contributed by atoms with Crippen molar-refractivity contribution in [3.63, 3.8) is 0 Å². The van der Waals surface area contributed by atoms with Gasteiger partial charge in [-0.3, -0.25) is 4.79 Å². The van der Waals surface area contributed by atoms with Crippen LogP contribution in [-0.2, 0) is 9.53 Å². The van der Waals surface area contributed by atoms with Crippen LogP contribution in [0.2, 0.25) is 0 Å². The second kappa shape index (κ2) is 6.25. The number of carbonyl (C=O) groups excluding carboxylic acids is 1. The van der Waals surface area contributed by atoms with Gasteiger partial charge in [-0.1, -0.05) is 6.92 Å². The summed E-state index contributed by atoms with van der Waals surface area (Å²) in [5.41, 5.74) is 1.14. The van der Waals surface area contributed by atoms with E-state index in [9.17, 15) is 4.79 Å². The number of ether oxygens (including phenoxy) is 1. The van der Waals surface area contributed by atoms with E-state index in [1.54, 1.807) is 18.0 Å². The van der Waals surface area contributed by atoms with E-state index in [0.29, 0.717) is 5.75 Å². The number of nitrogens with zero attached hydrogens (tertiary/aromatic N) is 1. The van der Waals surface area contributed by atoms with Crippen molar-refractivity contribution in [2.45, 2.75) is 18.9 Å². The lowest BCUT2D eigenvalue weighted by Crippen LogP contribution is -2.14. The highest BCUT2D eigenvalue weighted by atomic mass is 79.9. The molecule has 1 aromatic heterocycles. The van der Waals surface area contributed by atoms with Crippen LogP contribution in [0.4, 0.5) is 0 Å². The first-order chi connectivity index (χ1) is 7.54. The molecule has 0 saturated heterocycles. The van der Waals surface area contributed by atoms with Crippen LogP contribution >= 0.6 is 27.7 Å². The predicted molar refractivity (Wildman–Crippen MR) is 68.6 cm³/mol. The highest BCUT2D eigenvalue weighted by Gasteiger charge is 2.13. The summed E-state index contributed by atoms with van der Waals surface area (Å²) in [5, 5.41) is 0.927. The number of carbonyl (C=O) groups is 1. The van der Waals surface area contributed by atoms with Crippen LogP contribution in [0.15, 0.2) is 21.8 Å². The first-order valence-corrected chi connectivity index (χ1v) is 6.65. The summed E-state index contributed by atoms with van der Waals surface area (Å²) < 4.78 is 5.66. The monoisotopic (exact) mass is 303 g/mol. The van der Waals surface area contributed by atoms with Crippen LogP contribution in [0, 0.1) is 12.8 Å². The molecule has 0 fully saturated rings. The van der Waals surface area contributed by atoms with E-state index in [2.05, 4.69) is 25.7 Å². The van der Waals surface area contributed by atoms with Gasteiger partial charge in [-0.05, 0) is 34.5 Å². The van der Waals surface area contributed by atoms with Gasteiger partial charge in [0.05, 0.1) is 18.1 Å². The minimum atomic E-state index is -0.179. The van der Waals surface area contributed by atoms with E-state index in [1.807, 2.05) is 19.9 Å². The van der Waals surface area contributed by atoms with Crippen molar-refractivity contribution in [1.82, 2.24) is 4.98 Å². The molecule has 0 saturated carbocycles. The number of esters is 1. The number of methoxy groups -OCH3 is 1. The van der Waals surface area contributed by atoms with Crippen LogP contribution in [0.3, 0.4) is 0 Å². The minimum absolute atomic E-state index is 0.110. The molecule has 0 amide bonds. The van der Waals surface area contributed by atoms with Crippen LogP contribution in [0.1, 0.15) is 12.5 Å². The van der Waals surface area contributed by atoms with Crippen LogP contribution in [0.5, 0.6) is 0 Å². The lowest BCUT2D eigenvalue weighted by Gasteiger charge is -2.08. The van der Waals surface area contributed by atoms with Gasteiger partial charge in [-0.15, -0.1) is 11.8 Å². The molecule has 3 nitrogen and oxygen atoms in total. The first kappa shape index (κ1) is 13.5. The molecule has 1 aromatic rings. The molecule has 0 N–H and O–H groups in total. The third kappa shape index (κ3) is 3.79. The second-order valence-electron chi connectivity index (χ2n) is 3.51. The van der Waals surface area contributed by atoms with Gasteiger partial charge in [0.1, 0.15) is 0 Å². The fourth-order valence-corrected chi connectivity index (χ4v) is 2.23. The molecule has 16 heavy (non-hydrogen) atoms. The molecule has 1 rings (SSSR count). The molecule has 1 unspecified atom stereocenters. The number of thioether (sulfide) groups is 1. The van der Waals surface area contributed by atoms with Gasteiger partial charge in [0, 0.05) is 16.4 Å². The molecule has 0 aromatic carbocycles. The maximum atomic E-state index is 11.2. The van der Waals surface area contributed by atoms with Gasteiger partial charge < -0.3 is 4.74 Å². The molecule has 88 valence electrons. The van der Waals surface area contributed by atoms with Crippen molar-refractivity contribution in [3.05, 3.63) is 22.3 Å². The lowest BCUT2D eigenvalue weighted by molar-refractivity contribution is -0.143. The number of hydrogen-bond donors (Lipinski definition) is 0. The van der Waals surface area contributed by atoms with E-state index >= 15 is 0 Å². The van der Waals surface area contributed by atoms with Crippen LogP contribution < -0.4 is 0 Å². The fourth-order valence-electron chi connectivity index (χ4n) is 1.07. The molecular formula is C11H14BrNO2S. The Morgan fingerprint density at radius 3 is 2.94 bits per heavy atom. The summed E-state index contributed by atoms with van der Waals surface area (Å²) in [6.07, 6.45) is 1.78. The van der Waals surface area contributed by atoms with Gasteiger partial charge in [-0.2, -0.15) is 0 Å². The molecule has 0 aliphatic carbocycles. The Hall–Kier alpha value is -0.550. The Kier molecular flexibility index (Phi) is 5.28. The Morgan fingerprint density at radius 2 is 2.38 bits per heavy atom. The average Bonchev–Trinajstić information content (AvgIpc) is 2.29. The van der Waals surface area contributed by atoms with Gasteiger partial charge >= 0.3 is 5.97 Å². The normalized spacial score (nSPS) is 12.2. The summed E-state index contributed by atoms with van der Waals surface area (Å²) in [4.78, 5) is 15.5. The maximum absolute atomic E-state index is 11.2. The van der Waals surface area contributed by atoms with Crippen molar-refractivity contribution in [3.8, 4) is 0 Å². The standard InChI is InChI=1S/C11H14BrNO2S/c1-7-4-10(13-5-9(7)12)16-6-8(2)11(14)15-3/h4-5,8H,6H2,1-3H3. The Labute approximate surface area is 108 Å². The van der Waals surface area contributed by atoms with E-state index < -0.39 is 0 Å². The topological polar surface area (TPSA) is 39.2 Å². The molecule has 0 aliphatic heterocycles. The molecule has 1 heterocycles. The van der Waals surface area contributed by atoms with E-state index in [1.165, 1.54) is 7.11 Å². The number of rotatable bonds is 4. The van der Waals surface area contributed by atoms with Gasteiger partial charge in [0.15, 0.2) is 0 Å². The number of aryl methyl sites for hydroxylation is 1. The molecule has 5 heteroatoms. The van der Waals surface area contributed by atoms with Gasteiger partial charge in [-0.25, -0.2) is 4.98 Å². The summed E-state index contributed by atoms with van der Waals surface area (Å²) in [7, 11) is 1.41. The Bertz CT molecular complexity index is 384. The first-order valence-electron chi connectivity index (χ1n) is 4.87. The molecule has 0 spiro atoms. The Balaban J connectivity index is 2.55. The predicted octanol–water partition coefficient (Wildman–Crippen LogP) is 3.05. The zero-order chi connectivity index (χ0) is 12.1. The quantitative estimate of drug-likeness (QED) is 0.633. The molecular weight excluding hydrogens is 290 g/mol. The summed E-state index contributed by atoms with van der Waals surface area (Å²) in [6, 6.07) is 2.00. The molecule has 1 atom stereocenters. The van der Waals surface area contributed by atoms with E-state index in [4.69, 9.17) is 0 Å². The van der Waals surface area contributed by atoms with Crippen LogP contribution in [-0.4, -0.2) is 23.8 Å². The largest absolute Gasteiger partial charge is 0.469 e. The summed E-state index contributed by atoms with van der Waals surface area (Å²) in [6.45, 7) is 3.87. The van der Waals surface area contributed by atoms with Crippen molar-refractivity contribution in [2.75, 3.05) is 12.9 Å². The fraction of sp³-hybridized carbons (Fsp3) is 0.455. The minimum Gasteiger partial charge on any atom is -0.469 e. The second-order valence-corrected chi connectivity index (χ2v) is 5.40. The zero-order valence-electron chi connectivity index (χ0n) is 9.49. The molecule has 0 bridgehead atoms. The van der Waals surface area contributed by atoms with E-state index in [-0.39, 0.29) is 11.9 Å². The highest BCUT2D eigenvalue weighted by molar-refractivity contribution is 9.10. The van der Waals surface area contributed by atoms with E-state index in [0.717, 1.165) is 15.1 Å². The van der Waals surface area contributed by atoms with Gasteiger partial charge in [0.25, 0.3) is 0 Å². The number of pyridine rings is 1. The lowest BCUT2D eigenvalue weighted by atomic mass is 10.2. The maximum Gasteiger partial charge on any atom is 0.309 e. The zero-order valence-corrected chi connectivity index (χ0v) is 11.9. The SMILES string of the molecule is COC(=O)C(C)CSc1cc(C)c(Br)cn1. The van der Waals surface area contributed by atoms with Crippen LogP contribution in [0.25, 0.3) is 0 Å². The smallest absolute Gasteiger partial charge is 0.309 e. The van der Waals surface area contributed by atoms with Crippen molar-refractivity contribution in [1.29, 1.82) is 0 Å². The van der Waals surface area contributed by atoms with Crippen molar-refractivity contribution < 1.29 is 9.53 Å². The molecule has 0 aliphatic rings. The summed E-state index contributed by atoms with van der Waals surface area (Å²) in [5.74, 6) is 0.392. The third-order valence-electron chi connectivity index (χ3n) is 2.11. The van der Waals surface area contributed by atoms with Gasteiger partial charge in [0.2, 0.25) is 0 Å².